The molecule has 0 spiro atoms. The molecule has 0 saturated heterocycles. The average molecular weight is 333 g/mol. The Morgan fingerprint density at radius 1 is 1.00 bits per heavy atom. The average Bonchev–Trinajstić information content (AvgIpc) is 3.38. The molecule has 1 fully saturated rings. The summed E-state index contributed by atoms with van der Waals surface area (Å²) in [6, 6.07) is 14.9. The van der Waals surface area contributed by atoms with Crippen LogP contribution in [0.5, 0.6) is 0 Å². The highest BCUT2D eigenvalue weighted by Crippen LogP contribution is 2.31. The molecule has 2 nitrogen and oxygen atoms in total. The maximum absolute atomic E-state index is 12.8. The second-order valence-corrected chi connectivity index (χ2v) is 6.11. The second kappa shape index (κ2) is 6.67. The fourth-order valence-corrected chi connectivity index (χ4v) is 2.72. The van der Waals surface area contributed by atoms with Crippen LogP contribution in [0.4, 0.5) is 13.2 Å². The molecular formula is C19H18F3NO. The van der Waals surface area contributed by atoms with Crippen molar-refractivity contribution < 1.29 is 18.0 Å². The molecule has 5 heteroatoms. The first-order valence-corrected chi connectivity index (χ1v) is 7.93. The zero-order chi connectivity index (χ0) is 17.2. The number of alkyl halides is 3. The van der Waals surface area contributed by atoms with Crippen LogP contribution in [0.2, 0.25) is 0 Å². The van der Waals surface area contributed by atoms with E-state index in [4.69, 9.17) is 0 Å². The molecule has 126 valence electrons. The maximum atomic E-state index is 12.8. The second-order valence-electron chi connectivity index (χ2n) is 6.11. The first-order valence-electron chi connectivity index (χ1n) is 7.93. The zero-order valence-electron chi connectivity index (χ0n) is 13.1. The molecule has 0 aliphatic heterocycles. The molecule has 2 aromatic carbocycles. The Morgan fingerprint density at radius 3 is 2.29 bits per heavy atom. The van der Waals surface area contributed by atoms with Gasteiger partial charge >= 0.3 is 6.18 Å². The SMILES string of the molecule is O=C(Cc1cccc(C(F)(F)F)c1)N(Cc1ccccc1)C1CC1. The van der Waals surface area contributed by atoms with Gasteiger partial charge in [0.05, 0.1) is 12.0 Å². The van der Waals surface area contributed by atoms with Gasteiger partial charge in [0.15, 0.2) is 0 Å². The summed E-state index contributed by atoms with van der Waals surface area (Å²) in [5.41, 5.74) is 0.712. The molecule has 24 heavy (non-hydrogen) atoms. The lowest BCUT2D eigenvalue weighted by Gasteiger charge is -2.23. The van der Waals surface area contributed by atoms with Crippen molar-refractivity contribution >= 4 is 5.91 Å². The highest BCUT2D eigenvalue weighted by molar-refractivity contribution is 5.79. The van der Waals surface area contributed by atoms with Crippen LogP contribution in [0.25, 0.3) is 0 Å². The van der Waals surface area contributed by atoms with Gasteiger partial charge in [0, 0.05) is 12.6 Å². The molecule has 1 saturated carbocycles. The van der Waals surface area contributed by atoms with Gasteiger partial charge in [-0.25, -0.2) is 0 Å². The smallest absolute Gasteiger partial charge is 0.335 e. The van der Waals surface area contributed by atoms with Gasteiger partial charge < -0.3 is 4.90 Å². The van der Waals surface area contributed by atoms with E-state index >= 15 is 0 Å². The molecule has 0 aromatic heterocycles. The monoisotopic (exact) mass is 333 g/mol. The summed E-state index contributed by atoms with van der Waals surface area (Å²) in [6.07, 6.45) is -2.48. The standard InChI is InChI=1S/C19H18F3NO/c20-19(21,22)16-8-4-7-15(11-16)12-18(24)23(17-9-10-17)13-14-5-2-1-3-6-14/h1-8,11,17H,9-10,12-13H2. The molecule has 0 radical (unpaired) electrons. The van der Waals surface area contributed by atoms with Crippen LogP contribution in [0.1, 0.15) is 29.5 Å². The van der Waals surface area contributed by atoms with Gasteiger partial charge in [0.2, 0.25) is 5.91 Å². The summed E-state index contributed by atoms with van der Waals surface area (Å²) in [7, 11) is 0. The largest absolute Gasteiger partial charge is 0.416 e. The van der Waals surface area contributed by atoms with Crippen molar-refractivity contribution in [3.63, 3.8) is 0 Å². The topological polar surface area (TPSA) is 20.3 Å². The Kier molecular flexibility index (Phi) is 4.60. The molecule has 0 N–H and O–H groups in total. The van der Waals surface area contributed by atoms with Gasteiger partial charge in [0.1, 0.15) is 0 Å². The van der Waals surface area contributed by atoms with E-state index in [1.54, 1.807) is 11.0 Å². The summed E-state index contributed by atoms with van der Waals surface area (Å²) in [4.78, 5) is 14.4. The normalized spacial score (nSPS) is 14.5. The first-order chi connectivity index (χ1) is 11.4. The Bertz CT molecular complexity index is 708. The van der Waals surface area contributed by atoms with Crippen molar-refractivity contribution in [1.82, 2.24) is 4.90 Å². The lowest BCUT2D eigenvalue weighted by Crippen LogP contribution is -2.33. The summed E-state index contributed by atoms with van der Waals surface area (Å²) >= 11 is 0. The van der Waals surface area contributed by atoms with Gasteiger partial charge in [-0.15, -0.1) is 0 Å². The number of hydrogen-bond acceptors (Lipinski definition) is 1. The van der Waals surface area contributed by atoms with Crippen LogP contribution < -0.4 is 0 Å². The van der Waals surface area contributed by atoms with E-state index in [1.807, 2.05) is 30.3 Å². The summed E-state index contributed by atoms with van der Waals surface area (Å²) in [5.74, 6) is -0.124. The van der Waals surface area contributed by atoms with E-state index in [1.165, 1.54) is 6.07 Å². The minimum absolute atomic E-state index is 0.00669. The number of hydrogen-bond donors (Lipinski definition) is 0. The molecule has 1 aliphatic carbocycles. The minimum atomic E-state index is -4.39. The Hall–Kier alpha value is -2.30. The number of amides is 1. The maximum Gasteiger partial charge on any atom is 0.416 e. The van der Waals surface area contributed by atoms with E-state index in [0.717, 1.165) is 30.5 Å². The van der Waals surface area contributed by atoms with Crippen LogP contribution in [0, 0.1) is 0 Å². The van der Waals surface area contributed by atoms with E-state index in [2.05, 4.69) is 0 Å². The third-order valence-electron chi connectivity index (χ3n) is 4.11. The number of carbonyl (C=O) groups excluding carboxylic acids is 1. The Labute approximate surface area is 138 Å². The van der Waals surface area contributed by atoms with E-state index in [9.17, 15) is 18.0 Å². The number of halogens is 3. The van der Waals surface area contributed by atoms with Crippen LogP contribution in [-0.2, 0) is 23.9 Å². The molecule has 1 amide bonds. The predicted octanol–water partition coefficient (Wildman–Crippen LogP) is 4.44. The molecule has 1 aliphatic rings. The fourth-order valence-electron chi connectivity index (χ4n) is 2.72. The molecule has 3 rings (SSSR count). The van der Waals surface area contributed by atoms with Gasteiger partial charge in [-0.1, -0.05) is 48.5 Å². The van der Waals surface area contributed by atoms with Gasteiger partial charge in [-0.05, 0) is 30.0 Å². The number of nitrogens with zero attached hydrogens (tertiary/aromatic N) is 1. The van der Waals surface area contributed by atoms with Crippen molar-refractivity contribution in [2.45, 2.75) is 38.0 Å². The van der Waals surface area contributed by atoms with E-state index in [0.29, 0.717) is 12.1 Å². The number of carbonyl (C=O) groups is 1. The third kappa shape index (κ3) is 4.16. The molecule has 2 aromatic rings. The number of benzene rings is 2. The summed E-state index contributed by atoms with van der Waals surface area (Å²) in [6.45, 7) is 0.503. The summed E-state index contributed by atoms with van der Waals surface area (Å²) < 4.78 is 38.4. The molecule has 0 heterocycles. The van der Waals surface area contributed by atoms with Crippen molar-refractivity contribution in [3.05, 3.63) is 71.3 Å². The van der Waals surface area contributed by atoms with Crippen LogP contribution in [0.15, 0.2) is 54.6 Å². The van der Waals surface area contributed by atoms with Gasteiger partial charge in [-0.3, -0.25) is 4.79 Å². The molecule has 0 atom stereocenters. The van der Waals surface area contributed by atoms with Gasteiger partial charge in [-0.2, -0.15) is 13.2 Å². The molecular weight excluding hydrogens is 315 g/mol. The highest BCUT2D eigenvalue weighted by atomic mass is 19.4. The quantitative estimate of drug-likeness (QED) is 0.792. The number of rotatable bonds is 5. The van der Waals surface area contributed by atoms with E-state index < -0.39 is 11.7 Å². The van der Waals surface area contributed by atoms with Crippen molar-refractivity contribution in [1.29, 1.82) is 0 Å². The van der Waals surface area contributed by atoms with Crippen LogP contribution >= 0.6 is 0 Å². The van der Waals surface area contributed by atoms with Crippen molar-refractivity contribution in [2.24, 2.45) is 0 Å². The lowest BCUT2D eigenvalue weighted by atomic mass is 10.1. The predicted molar refractivity (Wildman–Crippen MR) is 85.2 cm³/mol. The first kappa shape index (κ1) is 16.6. The third-order valence-corrected chi connectivity index (χ3v) is 4.11. The van der Waals surface area contributed by atoms with Crippen LogP contribution in [-0.4, -0.2) is 16.8 Å². The molecule has 0 bridgehead atoms. The Morgan fingerprint density at radius 2 is 1.67 bits per heavy atom. The van der Waals surface area contributed by atoms with E-state index in [-0.39, 0.29) is 18.4 Å². The molecule has 0 unspecified atom stereocenters. The Balaban J connectivity index is 1.72. The van der Waals surface area contributed by atoms with Crippen LogP contribution in [0.3, 0.4) is 0 Å². The van der Waals surface area contributed by atoms with Crippen molar-refractivity contribution in [2.75, 3.05) is 0 Å². The lowest BCUT2D eigenvalue weighted by molar-refractivity contribution is -0.138. The van der Waals surface area contributed by atoms with Crippen molar-refractivity contribution in [3.8, 4) is 0 Å². The highest BCUT2D eigenvalue weighted by Gasteiger charge is 2.33. The fraction of sp³-hybridized carbons (Fsp3) is 0.316. The minimum Gasteiger partial charge on any atom is -0.335 e. The zero-order valence-corrected chi connectivity index (χ0v) is 13.1. The summed E-state index contributed by atoms with van der Waals surface area (Å²) in [5, 5.41) is 0. The van der Waals surface area contributed by atoms with Gasteiger partial charge in [0.25, 0.3) is 0 Å².